The summed E-state index contributed by atoms with van der Waals surface area (Å²) in [5.41, 5.74) is 1.26. The minimum absolute atomic E-state index is 0.0247. The lowest BCUT2D eigenvalue weighted by Gasteiger charge is -2.05. The van der Waals surface area contributed by atoms with Crippen LogP contribution >= 0.6 is 11.8 Å². The van der Waals surface area contributed by atoms with Gasteiger partial charge in [-0.15, -0.1) is 10.2 Å². The summed E-state index contributed by atoms with van der Waals surface area (Å²) in [6, 6.07) is 12.2. The second-order valence-electron chi connectivity index (χ2n) is 5.67. The summed E-state index contributed by atoms with van der Waals surface area (Å²) in [4.78, 5) is 11.7. The minimum atomic E-state index is -1.11. The summed E-state index contributed by atoms with van der Waals surface area (Å²) in [5, 5.41) is 17.6. The summed E-state index contributed by atoms with van der Waals surface area (Å²) >= 11 is 0.858. The van der Waals surface area contributed by atoms with Crippen molar-refractivity contribution in [2.24, 2.45) is 0 Å². The molecule has 0 aliphatic carbocycles. The van der Waals surface area contributed by atoms with Crippen LogP contribution in [-0.2, 0) is 4.79 Å². The van der Waals surface area contributed by atoms with Crippen LogP contribution in [0.3, 0.4) is 0 Å². The van der Waals surface area contributed by atoms with E-state index in [0.29, 0.717) is 28.4 Å². The summed E-state index contributed by atoms with van der Waals surface area (Å²) in [7, 11) is 4.62. The standard InChI is InChI=1S/C20H18N2O6S/c1-25-14-6-4-5-12(7-14)8-17(19(23)24)29-20-22-21-18(28-20)13-9-15(26-2)11-16(10-13)27-3/h4-11H,1-3H3,(H,23,24)/b17-8-. The number of hydrogen-bond acceptors (Lipinski definition) is 8. The molecule has 8 nitrogen and oxygen atoms in total. The van der Waals surface area contributed by atoms with E-state index in [4.69, 9.17) is 18.6 Å². The second-order valence-corrected chi connectivity index (χ2v) is 6.66. The molecule has 0 fully saturated rings. The van der Waals surface area contributed by atoms with Crippen molar-refractivity contribution in [3.05, 3.63) is 52.9 Å². The molecule has 1 aromatic heterocycles. The Morgan fingerprint density at radius 2 is 1.69 bits per heavy atom. The molecule has 29 heavy (non-hydrogen) atoms. The highest BCUT2D eigenvalue weighted by Crippen LogP contribution is 2.33. The van der Waals surface area contributed by atoms with Gasteiger partial charge in [0.25, 0.3) is 5.22 Å². The van der Waals surface area contributed by atoms with Gasteiger partial charge in [0.2, 0.25) is 5.89 Å². The zero-order chi connectivity index (χ0) is 20.8. The van der Waals surface area contributed by atoms with Gasteiger partial charge in [-0.3, -0.25) is 0 Å². The van der Waals surface area contributed by atoms with Gasteiger partial charge >= 0.3 is 5.97 Å². The molecule has 1 N–H and O–H groups in total. The normalized spacial score (nSPS) is 11.2. The van der Waals surface area contributed by atoms with E-state index < -0.39 is 5.97 Å². The topological polar surface area (TPSA) is 104 Å². The third-order valence-electron chi connectivity index (χ3n) is 3.80. The highest BCUT2D eigenvalue weighted by atomic mass is 32.2. The van der Waals surface area contributed by atoms with Crippen molar-refractivity contribution in [2.75, 3.05) is 21.3 Å². The van der Waals surface area contributed by atoms with Gasteiger partial charge in [-0.25, -0.2) is 4.79 Å². The number of methoxy groups -OCH3 is 3. The number of benzene rings is 2. The van der Waals surface area contributed by atoms with Gasteiger partial charge in [-0.1, -0.05) is 12.1 Å². The van der Waals surface area contributed by atoms with Gasteiger partial charge < -0.3 is 23.7 Å². The van der Waals surface area contributed by atoms with Crippen molar-refractivity contribution in [3.8, 4) is 28.7 Å². The predicted octanol–water partition coefficient (Wildman–Crippen LogP) is 3.98. The van der Waals surface area contributed by atoms with Crippen LogP contribution in [0.25, 0.3) is 17.5 Å². The number of rotatable bonds is 8. The Labute approximate surface area is 171 Å². The van der Waals surface area contributed by atoms with Crippen LogP contribution < -0.4 is 14.2 Å². The van der Waals surface area contributed by atoms with E-state index in [0.717, 1.165) is 11.8 Å². The van der Waals surface area contributed by atoms with Gasteiger partial charge in [-0.2, -0.15) is 0 Å². The Morgan fingerprint density at radius 1 is 1.00 bits per heavy atom. The average molecular weight is 414 g/mol. The van der Waals surface area contributed by atoms with E-state index in [1.165, 1.54) is 20.3 Å². The molecule has 9 heteroatoms. The number of ether oxygens (including phenoxy) is 3. The first-order valence-corrected chi connectivity index (χ1v) is 9.18. The Kier molecular flexibility index (Phi) is 6.40. The molecule has 0 saturated carbocycles. The number of carboxylic acid groups (broad SMARTS) is 1. The van der Waals surface area contributed by atoms with E-state index in [2.05, 4.69) is 10.2 Å². The number of aliphatic carboxylic acids is 1. The molecular weight excluding hydrogens is 396 g/mol. The van der Waals surface area contributed by atoms with E-state index >= 15 is 0 Å². The van der Waals surface area contributed by atoms with E-state index in [-0.39, 0.29) is 16.0 Å². The number of nitrogens with zero attached hydrogens (tertiary/aromatic N) is 2. The van der Waals surface area contributed by atoms with Crippen LogP contribution in [0.1, 0.15) is 5.56 Å². The average Bonchev–Trinajstić information content (AvgIpc) is 3.21. The Balaban J connectivity index is 1.87. The number of carbonyl (C=O) groups is 1. The molecule has 3 aromatic rings. The summed E-state index contributed by atoms with van der Waals surface area (Å²) in [6.45, 7) is 0. The van der Waals surface area contributed by atoms with Crippen LogP contribution in [-0.4, -0.2) is 42.6 Å². The Morgan fingerprint density at radius 3 is 2.31 bits per heavy atom. The van der Waals surface area contributed by atoms with Gasteiger partial charge in [0.15, 0.2) is 0 Å². The monoisotopic (exact) mass is 414 g/mol. The molecule has 0 saturated heterocycles. The highest BCUT2D eigenvalue weighted by molar-refractivity contribution is 8.03. The maximum atomic E-state index is 11.7. The lowest BCUT2D eigenvalue weighted by Crippen LogP contribution is -1.97. The number of aromatic nitrogens is 2. The van der Waals surface area contributed by atoms with Gasteiger partial charge in [-0.05, 0) is 47.7 Å². The number of carboxylic acids is 1. The van der Waals surface area contributed by atoms with Crippen molar-refractivity contribution in [1.29, 1.82) is 0 Å². The van der Waals surface area contributed by atoms with Gasteiger partial charge in [0.05, 0.1) is 21.3 Å². The first kappa shape index (κ1) is 20.3. The number of thioether (sulfide) groups is 1. The molecule has 0 atom stereocenters. The third-order valence-corrected chi connectivity index (χ3v) is 4.66. The van der Waals surface area contributed by atoms with Crippen LogP contribution in [0.4, 0.5) is 0 Å². The smallest absolute Gasteiger partial charge is 0.342 e. The zero-order valence-corrected chi connectivity index (χ0v) is 16.7. The first-order valence-electron chi connectivity index (χ1n) is 8.36. The summed E-state index contributed by atoms with van der Waals surface area (Å²) in [6.07, 6.45) is 1.51. The maximum absolute atomic E-state index is 11.7. The molecule has 0 amide bonds. The Hall–Kier alpha value is -3.46. The maximum Gasteiger partial charge on any atom is 0.342 e. The molecule has 0 radical (unpaired) electrons. The highest BCUT2D eigenvalue weighted by Gasteiger charge is 2.17. The fraction of sp³-hybridized carbons (Fsp3) is 0.150. The largest absolute Gasteiger partial charge is 0.497 e. The molecule has 150 valence electrons. The fourth-order valence-electron chi connectivity index (χ4n) is 2.41. The van der Waals surface area contributed by atoms with Crippen LogP contribution in [0.5, 0.6) is 17.2 Å². The van der Waals surface area contributed by atoms with Crippen molar-refractivity contribution in [1.82, 2.24) is 10.2 Å². The third kappa shape index (κ3) is 5.08. The Bertz CT molecular complexity index is 1020. The van der Waals surface area contributed by atoms with Crippen molar-refractivity contribution < 1.29 is 28.5 Å². The number of hydrogen-bond donors (Lipinski definition) is 1. The van der Waals surface area contributed by atoms with Crippen molar-refractivity contribution in [3.63, 3.8) is 0 Å². The van der Waals surface area contributed by atoms with Crippen molar-refractivity contribution in [2.45, 2.75) is 5.22 Å². The molecule has 0 bridgehead atoms. The molecule has 3 rings (SSSR count). The predicted molar refractivity (Wildman–Crippen MR) is 107 cm³/mol. The van der Waals surface area contributed by atoms with Crippen LogP contribution in [0.2, 0.25) is 0 Å². The van der Waals surface area contributed by atoms with Crippen molar-refractivity contribution >= 4 is 23.8 Å². The lowest BCUT2D eigenvalue weighted by molar-refractivity contribution is -0.131. The van der Waals surface area contributed by atoms with Gasteiger partial charge in [0.1, 0.15) is 22.2 Å². The lowest BCUT2D eigenvalue weighted by atomic mass is 10.2. The second kappa shape index (κ2) is 9.16. The van der Waals surface area contributed by atoms with Gasteiger partial charge in [0, 0.05) is 11.6 Å². The van der Waals surface area contributed by atoms with Crippen LogP contribution in [0.15, 0.2) is 57.0 Å². The molecule has 1 heterocycles. The molecular formula is C20H18N2O6S. The quantitative estimate of drug-likeness (QED) is 0.433. The molecule has 0 unspecified atom stereocenters. The molecule has 0 aliphatic rings. The SMILES string of the molecule is COc1cccc(/C=C(\Sc2nnc(-c3cc(OC)cc(OC)c3)o2)C(=O)O)c1. The molecule has 2 aromatic carbocycles. The van der Waals surface area contributed by atoms with E-state index in [1.54, 1.807) is 49.6 Å². The minimum Gasteiger partial charge on any atom is -0.497 e. The fourth-order valence-corrected chi connectivity index (χ4v) is 3.08. The first-order chi connectivity index (χ1) is 14.0. The zero-order valence-electron chi connectivity index (χ0n) is 15.9. The molecule has 0 aliphatic heterocycles. The van der Waals surface area contributed by atoms with E-state index in [1.807, 2.05) is 0 Å². The van der Waals surface area contributed by atoms with E-state index in [9.17, 15) is 9.90 Å². The molecule has 0 spiro atoms. The summed E-state index contributed by atoms with van der Waals surface area (Å²) in [5.74, 6) is 0.865. The summed E-state index contributed by atoms with van der Waals surface area (Å²) < 4.78 is 21.3. The van der Waals surface area contributed by atoms with Crippen LogP contribution in [0, 0.1) is 0 Å².